The molecule has 9 heteroatoms. The fourth-order valence-electron chi connectivity index (χ4n) is 3.31. The Morgan fingerprint density at radius 1 is 1.06 bits per heavy atom. The Labute approximate surface area is 182 Å². The van der Waals surface area contributed by atoms with E-state index >= 15 is 0 Å². The minimum Gasteiger partial charge on any atom is -0.426 e. The van der Waals surface area contributed by atoms with Crippen molar-refractivity contribution in [1.29, 1.82) is 0 Å². The highest BCUT2D eigenvalue weighted by molar-refractivity contribution is 6.43. The van der Waals surface area contributed by atoms with Crippen LogP contribution in [0.5, 0.6) is 0 Å². The molecular formula is C22H28BN5O3. The fraction of sp³-hybridized carbons (Fsp3) is 0.318. The van der Waals surface area contributed by atoms with E-state index in [2.05, 4.69) is 15.4 Å². The molecule has 162 valence electrons. The van der Waals surface area contributed by atoms with E-state index in [1.54, 1.807) is 4.68 Å². The highest BCUT2D eigenvalue weighted by Gasteiger charge is 2.25. The molecule has 0 unspecified atom stereocenters. The first kappa shape index (κ1) is 22.7. The Kier molecular flexibility index (Phi) is 8.34. The van der Waals surface area contributed by atoms with Gasteiger partial charge in [0.15, 0.2) is 5.82 Å². The van der Waals surface area contributed by atoms with Crippen LogP contribution in [0.4, 0.5) is 0 Å². The Balaban J connectivity index is 1.77. The van der Waals surface area contributed by atoms with Crippen molar-refractivity contribution < 1.29 is 14.8 Å². The Morgan fingerprint density at radius 3 is 2.39 bits per heavy atom. The van der Waals surface area contributed by atoms with Crippen molar-refractivity contribution in [1.82, 2.24) is 20.1 Å². The summed E-state index contributed by atoms with van der Waals surface area (Å²) in [5, 5.41) is 26.4. The molecule has 2 aromatic carbocycles. The third-order valence-electron chi connectivity index (χ3n) is 4.95. The van der Waals surface area contributed by atoms with Gasteiger partial charge in [0.2, 0.25) is 5.91 Å². The number of nitrogens with two attached hydrogens (primary N) is 1. The number of aromatic nitrogens is 3. The van der Waals surface area contributed by atoms with Gasteiger partial charge in [-0.2, -0.15) is 5.10 Å². The Morgan fingerprint density at radius 2 is 1.74 bits per heavy atom. The van der Waals surface area contributed by atoms with E-state index < -0.39 is 13.1 Å². The van der Waals surface area contributed by atoms with Gasteiger partial charge in [-0.1, -0.05) is 67.1 Å². The maximum atomic E-state index is 12.7. The molecule has 3 aromatic rings. The molecule has 0 bridgehead atoms. The number of nitrogens with one attached hydrogen (secondary N) is 1. The second kappa shape index (κ2) is 11.4. The zero-order valence-corrected chi connectivity index (χ0v) is 17.4. The van der Waals surface area contributed by atoms with Crippen molar-refractivity contribution in [2.45, 2.75) is 38.2 Å². The maximum Gasteiger partial charge on any atom is 0.475 e. The monoisotopic (exact) mass is 421 g/mol. The molecule has 0 fully saturated rings. The van der Waals surface area contributed by atoms with E-state index in [1.165, 1.54) is 0 Å². The van der Waals surface area contributed by atoms with Gasteiger partial charge in [-0.3, -0.25) is 4.79 Å². The van der Waals surface area contributed by atoms with Gasteiger partial charge in [0, 0.05) is 12.0 Å². The molecular weight excluding hydrogens is 393 g/mol. The molecule has 0 aliphatic rings. The minimum atomic E-state index is -1.64. The van der Waals surface area contributed by atoms with Gasteiger partial charge in [0.25, 0.3) is 0 Å². The second-order valence-electron chi connectivity index (χ2n) is 7.41. The first-order valence-corrected chi connectivity index (χ1v) is 10.5. The lowest BCUT2D eigenvalue weighted by Crippen LogP contribution is -2.47. The predicted molar refractivity (Wildman–Crippen MR) is 120 cm³/mol. The highest BCUT2D eigenvalue weighted by Crippen LogP contribution is 2.17. The van der Waals surface area contributed by atoms with Crippen LogP contribution < -0.4 is 11.1 Å². The number of hydrogen-bond acceptors (Lipinski definition) is 6. The van der Waals surface area contributed by atoms with Gasteiger partial charge in [0.1, 0.15) is 12.4 Å². The third kappa shape index (κ3) is 6.75. The van der Waals surface area contributed by atoms with Crippen LogP contribution in [0.2, 0.25) is 0 Å². The zero-order chi connectivity index (χ0) is 22.1. The number of carbonyl (C=O) groups excluding carboxylic acids is 1. The van der Waals surface area contributed by atoms with E-state index in [-0.39, 0.29) is 12.5 Å². The number of nitrogens with zero attached hydrogens (tertiary/aromatic N) is 3. The van der Waals surface area contributed by atoms with Gasteiger partial charge in [0.05, 0.1) is 5.94 Å². The molecule has 0 aliphatic carbocycles. The number of rotatable bonds is 11. The van der Waals surface area contributed by atoms with Crippen molar-refractivity contribution in [3.05, 3.63) is 72.1 Å². The molecule has 1 amide bonds. The zero-order valence-electron chi connectivity index (χ0n) is 17.4. The third-order valence-corrected chi connectivity index (χ3v) is 4.95. The molecule has 0 spiro atoms. The summed E-state index contributed by atoms with van der Waals surface area (Å²) >= 11 is 0. The van der Waals surface area contributed by atoms with Crippen LogP contribution >= 0.6 is 0 Å². The van der Waals surface area contributed by atoms with E-state index in [0.29, 0.717) is 37.5 Å². The molecule has 0 radical (unpaired) electrons. The van der Waals surface area contributed by atoms with Gasteiger partial charge in [-0.15, -0.1) is 0 Å². The van der Waals surface area contributed by atoms with E-state index in [9.17, 15) is 14.8 Å². The molecule has 1 aromatic heterocycles. The average molecular weight is 421 g/mol. The van der Waals surface area contributed by atoms with Crippen LogP contribution in [-0.2, 0) is 17.8 Å². The number of carbonyl (C=O) groups is 1. The topological polar surface area (TPSA) is 126 Å². The molecule has 5 N–H and O–H groups in total. The normalized spacial score (nSPS) is 11.8. The molecule has 0 aliphatic heterocycles. The van der Waals surface area contributed by atoms with Gasteiger partial charge in [-0.25, -0.2) is 9.67 Å². The van der Waals surface area contributed by atoms with Gasteiger partial charge >= 0.3 is 7.12 Å². The minimum absolute atomic E-state index is 0.0674. The summed E-state index contributed by atoms with van der Waals surface area (Å²) in [7, 11) is -1.64. The molecule has 8 nitrogen and oxygen atoms in total. The Bertz CT molecular complexity index is 950. The van der Waals surface area contributed by atoms with E-state index in [4.69, 9.17) is 5.73 Å². The van der Waals surface area contributed by atoms with Crippen molar-refractivity contribution in [3.8, 4) is 11.4 Å². The highest BCUT2D eigenvalue weighted by atomic mass is 16.4. The fourth-order valence-corrected chi connectivity index (χ4v) is 3.31. The average Bonchev–Trinajstić information content (AvgIpc) is 3.16. The summed E-state index contributed by atoms with van der Waals surface area (Å²) in [6, 6.07) is 19.4. The number of amides is 1. The first-order valence-electron chi connectivity index (χ1n) is 10.5. The number of hydrogen-bond donors (Lipinski definition) is 4. The number of benzene rings is 2. The SMILES string of the molecule is NCCCC[C@H](NC(=O)Cn1nc(-c2ccccc2)nc1Cc1ccccc1)B(O)O. The molecule has 31 heavy (non-hydrogen) atoms. The van der Waals surface area contributed by atoms with E-state index in [1.807, 2.05) is 60.7 Å². The van der Waals surface area contributed by atoms with Crippen molar-refractivity contribution in [2.75, 3.05) is 6.54 Å². The summed E-state index contributed by atoms with van der Waals surface area (Å²) in [5.41, 5.74) is 7.41. The van der Waals surface area contributed by atoms with Crippen LogP contribution in [0.15, 0.2) is 60.7 Å². The van der Waals surface area contributed by atoms with Crippen LogP contribution in [0.1, 0.15) is 30.7 Å². The van der Waals surface area contributed by atoms with Crippen molar-refractivity contribution in [2.24, 2.45) is 5.73 Å². The van der Waals surface area contributed by atoms with Crippen molar-refractivity contribution >= 4 is 13.0 Å². The molecule has 0 saturated carbocycles. The van der Waals surface area contributed by atoms with Crippen LogP contribution in [0.3, 0.4) is 0 Å². The Hall–Kier alpha value is -3.01. The van der Waals surface area contributed by atoms with Gasteiger partial charge < -0.3 is 21.1 Å². The lowest BCUT2D eigenvalue weighted by molar-refractivity contribution is -0.122. The summed E-state index contributed by atoms with van der Waals surface area (Å²) < 4.78 is 1.57. The van der Waals surface area contributed by atoms with E-state index in [0.717, 1.165) is 17.5 Å². The second-order valence-corrected chi connectivity index (χ2v) is 7.41. The summed E-state index contributed by atoms with van der Waals surface area (Å²) in [6.45, 7) is 0.453. The first-order chi connectivity index (χ1) is 15.1. The van der Waals surface area contributed by atoms with Crippen LogP contribution in [0, 0.1) is 0 Å². The predicted octanol–water partition coefficient (Wildman–Crippen LogP) is 1.16. The molecule has 3 rings (SSSR count). The standard InChI is InChI=1S/C22H28BN5O3/c24-14-8-7-13-19(23(30)31)25-21(29)16-28-20(15-17-9-3-1-4-10-17)26-22(27-28)18-11-5-2-6-12-18/h1-6,9-12,19,30-31H,7-8,13-16,24H2,(H,25,29)/t19-/m0/s1. The molecule has 1 heterocycles. The summed E-state index contributed by atoms with van der Waals surface area (Å²) in [5.74, 6) is 0.0869. The van der Waals surface area contributed by atoms with Crippen molar-refractivity contribution in [3.63, 3.8) is 0 Å². The molecule has 1 atom stereocenters. The van der Waals surface area contributed by atoms with Crippen LogP contribution in [-0.4, -0.2) is 50.3 Å². The van der Waals surface area contributed by atoms with Gasteiger partial charge in [-0.05, 0) is 24.9 Å². The summed E-state index contributed by atoms with van der Waals surface area (Å²) in [4.78, 5) is 17.3. The number of unbranched alkanes of at least 4 members (excludes halogenated alkanes) is 1. The smallest absolute Gasteiger partial charge is 0.426 e. The largest absolute Gasteiger partial charge is 0.475 e. The maximum absolute atomic E-state index is 12.7. The van der Waals surface area contributed by atoms with Crippen LogP contribution in [0.25, 0.3) is 11.4 Å². The lowest BCUT2D eigenvalue weighted by Gasteiger charge is -2.18. The molecule has 0 saturated heterocycles. The quantitative estimate of drug-likeness (QED) is 0.272. The summed E-state index contributed by atoms with van der Waals surface area (Å²) in [6.07, 6.45) is 2.41. The lowest BCUT2D eigenvalue weighted by atomic mass is 9.76.